The number of aromatic nitrogens is 2. The minimum Gasteiger partial charge on any atom is -0.397 e. The summed E-state index contributed by atoms with van der Waals surface area (Å²) < 4.78 is 0. The monoisotopic (exact) mass is 276 g/mol. The first-order valence-electron chi connectivity index (χ1n) is 6.35. The lowest BCUT2D eigenvalue weighted by Crippen LogP contribution is -2.26. The molecule has 1 aromatic carbocycles. The van der Waals surface area contributed by atoms with Crippen LogP contribution in [0.4, 0.5) is 11.4 Å². The maximum atomic E-state index is 11.7. The van der Waals surface area contributed by atoms with E-state index < -0.39 is 0 Å². The minimum atomic E-state index is -0.144. The van der Waals surface area contributed by atoms with E-state index in [0.717, 1.165) is 31.0 Å². The number of nitrogens with zero attached hydrogens (tertiary/aromatic N) is 2. The highest BCUT2D eigenvalue weighted by molar-refractivity contribution is 7.99. The van der Waals surface area contributed by atoms with Crippen molar-refractivity contribution in [1.82, 2.24) is 9.97 Å². The third kappa shape index (κ3) is 2.40. The molecule has 2 heterocycles. The van der Waals surface area contributed by atoms with Crippen LogP contribution in [0.25, 0.3) is 10.9 Å². The van der Waals surface area contributed by atoms with Gasteiger partial charge in [-0.15, -0.1) is 0 Å². The number of anilines is 2. The van der Waals surface area contributed by atoms with Gasteiger partial charge < -0.3 is 15.6 Å². The fourth-order valence-corrected chi connectivity index (χ4v) is 3.27. The lowest BCUT2D eigenvalue weighted by atomic mass is 10.1. The molecule has 6 heteroatoms. The molecule has 0 aliphatic carbocycles. The molecule has 1 aromatic heterocycles. The molecule has 0 saturated carbocycles. The van der Waals surface area contributed by atoms with Crippen molar-refractivity contribution in [3.63, 3.8) is 0 Å². The predicted octanol–water partition coefficient (Wildman–Crippen LogP) is 1.45. The molecular weight excluding hydrogens is 260 g/mol. The molecule has 1 fully saturated rings. The summed E-state index contributed by atoms with van der Waals surface area (Å²) in [7, 11) is 0. The molecule has 0 radical (unpaired) electrons. The second kappa shape index (κ2) is 5.13. The summed E-state index contributed by atoms with van der Waals surface area (Å²) in [5, 5.41) is 0.549. The number of nitrogens with two attached hydrogens (primary N) is 1. The number of fused-ring (bicyclic) bond motifs is 1. The number of hydrogen-bond acceptors (Lipinski definition) is 5. The van der Waals surface area contributed by atoms with Crippen molar-refractivity contribution in [3.8, 4) is 0 Å². The van der Waals surface area contributed by atoms with E-state index >= 15 is 0 Å². The lowest BCUT2D eigenvalue weighted by molar-refractivity contribution is 0.818. The molecule has 0 bridgehead atoms. The Morgan fingerprint density at radius 3 is 3.11 bits per heavy atom. The second-order valence-electron chi connectivity index (χ2n) is 4.61. The molecule has 100 valence electrons. The van der Waals surface area contributed by atoms with Gasteiger partial charge in [-0.1, -0.05) is 0 Å². The van der Waals surface area contributed by atoms with E-state index in [4.69, 9.17) is 5.73 Å². The highest BCUT2D eigenvalue weighted by atomic mass is 32.2. The smallest absolute Gasteiger partial charge is 0.258 e. The van der Waals surface area contributed by atoms with Gasteiger partial charge in [0.15, 0.2) is 0 Å². The number of thioether (sulfide) groups is 1. The third-order valence-electron chi connectivity index (χ3n) is 3.35. The zero-order valence-electron chi connectivity index (χ0n) is 10.6. The Hall–Kier alpha value is -1.69. The lowest BCUT2D eigenvalue weighted by Gasteiger charge is -2.24. The minimum absolute atomic E-state index is 0.144. The number of aromatic amines is 1. The number of rotatable bonds is 1. The Balaban J connectivity index is 2.08. The molecule has 0 spiro atoms. The van der Waals surface area contributed by atoms with Crippen LogP contribution in [0.5, 0.6) is 0 Å². The number of nitrogen functional groups attached to an aromatic ring is 1. The molecule has 0 atom stereocenters. The fraction of sp³-hybridized carbons (Fsp3) is 0.385. The van der Waals surface area contributed by atoms with Crippen molar-refractivity contribution in [2.24, 2.45) is 0 Å². The SMILES string of the molecule is Nc1cc2c(=O)[nH]cnc2cc1N1CCCSCC1. The Kier molecular flexibility index (Phi) is 3.33. The summed E-state index contributed by atoms with van der Waals surface area (Å²) >= 11 is 1.97. The van der Waals surface area contributed by atoms with Crippen LogP contribution >= 0.6 is 11.8 Å². The molecule has 19 heavy (non-hydrogen) atoms. The van der Waals surface area contributed by atoms with Crippen molar-refractivity contribution in [1.29, 1.82) is 0 Å². The molecule has 1 saturated heterocycles. The summed E-state index contributed by atoms with van der Waals surface area (Å²) in [6, 6.07) is 3.66. The summed E-state index contributed by atoms with van der Waals surface area (Å²) in [6.07, 6.45) is 2.59. The zero-order valence-corrected chi connectivity index (χ0v) is 11.4. The molecule has 5 nitrogen and oxygen atoms in total. The third-order valence-corrected chi connectivity index (χ3v) is 4.40. The maximum absolute atomic E-state index is 11.7. The van der Waals surface area contributed by atoms with Gasteiger partial charge in [0.25, 0.3) is 5.56 Å². The predicted molar refractivity (Wildman–Crippen MR) is 80.9 cm³/mol. The molecule has 1 aliphatic rings. The fourth-order valence-electron chi connectivity index (χ4n) is 2.38. The van der Waals surface area contributed by atoms with Crippen LogP contribution in [0.1, 0.15) is 6.42 Å². The van der Waals surface area contributed by atoms with Crippen molar-refractivity contribution in [2.45, 2.75) is 6.42 Å². The molecule has 1 aliphatic heterocycles. The van der Waals surface area contributed by atoms with Gasteiger partial charge in [0, 0.05) is 18.8 Å². The average molecular weight is 276 g/mol. The largest absolute Gasteiger partial charge is 0.397 e. The first-order chi connectivity index (χ1) is 9.25. The Labute approximate surface area is 115 Å². The number of hydrogen-bond donors (Lipinski definition) is 2. The Morgan fingerprint density at radius 2 is 2.21 bits per heavy atom. The highest BCUT2D eigenvalue weighted by Crippen LogP contribution is 2.28. The van der Waals surface area contributed by atoms with Crippen molar-refractivity contribution >= 4 is 34.0 Å². The zero-order chi connectivity index (χ0) is 13.2. The van der Waals surface area contributed by atoms with Gasteiger partial charge >= 0.3 is 0 Å². The van der Waals surface area contributed by atoms with Gasteiger partial charge in [0.2, 0.25) is 0 Å². The normalized spacial score (nSPS) is 16.5. The van der Waals surface area contributed by atoms with Crippen LogP contribution in [0.3, 0.4) is 0 Å². The quantitative estimate of drug-likeness (QED) is 0.771. The van der Waals surface area contributed by atoms with Gasteiger partial charge in [-0.3, -0.25) is 4.79 Å². The molecular formula is C13H16N4OS. The van der Waals surface area contributed by atoms with Gasteiger partial charge in [-0.2, -0.15) is 11.8 Å². The number of benzene rings is 1. The molecule has 3 rings (SSSR count). The van der Waals surface area contributed by atoms with E-state index in [1.165, 1.54) is 12.1 Å². The van der Waals surface area contributed by atoms with Crippen molar-refractivity contribution in [3.05, 3.63) is 28.8 Å². The summed E-state index contributed by atoms with van der Waals surface area (Å²) in [5.74, 6) is 2.31. The van der Waals surface area contributed by atoms with Crippen LogP contribution < -0.4 is 16.2 Å². The van der Waals surface area contributed by atoms with Crippen LogP contribution in [0.2, 0.25) is 0 Å². The summed E-state index contributed by atoms with van der Waals surface area (Å²) in [4.78, 5) is 20.8. The summed E-state index contributed by atoms with van der Waals surface area (Å²) in [6.45, 7) is 2.00. The second-order valence-corrected chi connectivity index (χ2v) is 5.84. The van der Waals surface area contributed by atoms with E-state index in [9.17, 15) is 4.79 Å². The molecule has 0 unspecified atom stereocenters. The van der Waals surface area contributed by atoms with Gasteiger partial charge in [0.05, 0.1) is 28.6 Å². The Bertz CT molecular complexity index is 647. The number of H-pyrrole nitrogens is 1. The highest BCUT2D eigenvalue weighted by Gasteiger charge is 2.14. The van der Waals surface area contributed by atoms with Gasteiger partial charge in [0.1, 0.15) is 0 Å². The Morgan fingerprint density at radius 1 is 1.32 bits per heavy atom. The van der Waals surface area contributed by atoms with Crippen molar-refractivity contribution < 1.29 is 0 Å². The van der Waals surface area contributed by atoms with E-state index in [-0.39, 0.29) is 5.56 Å². The first-order valence-corrected chi connectivity index (χ1v) is 7.51. The van der Waals surface area contributed by atoms with Crippen LogP contribution in [0, 0.1) is 0 Å². The van der Waals surface area contributed by atoms with Gasteiger partial charge in [-0.25, -0.2) is 4.98 Å². The first kappa shape index (κ1) is 12.3. The molecule has 0 amide bonds. The van der Waals surface area contributed by atoms with Crippen molar-refractivity contribution in [2.75, 3.05) is 35.2 Å². The van der Waals surface area contributed by atoms with E-state index in [1.807, 2.05) is 17.8 Å². The van der Waals surface area contributed by atoms with E-state index in [0.29, 0.717) is 16.6 Å². The van der Waals surface area contributed by atoms with Crippen LogP contribution in [-0.2, 0) is 0 Å². The van der Waals surface area contributed by atoms with Crippen LogP contribution in [-0.4, -0.2) is 34.6 Å². The van der Waals surface area contributed by atoms with Gasteiger partial charge in [-0.05, 0) is 24.3 Å². The average Bonchev–Trinajstić information content (AvgIpc) is 2.68. The van der Waals surface area contributed by atoms with E-state index in [2.05, 4.69) is 14.9 Å². The topological polar surface area (TPSA) is 75.0 Å². The molecule has 2 aromatic rings. The standard InChI is InChI=1S/C13H16N4OS/c14-10-6-9-11(15-8-16-13(9)18)7-12(10)17-2-1-4-19-5-3-17/h6-8H,1-5,14H2,(H,15,16,18). The van der Waals surface area contributed by atoms with E-state index in [1.54, 1.807) is 6.07 Å². The number of nitrogens with one attached hydrogen (secondary N) is 1. The summed E-state index contributed by atoms with van der Waals surface area (Å²) in [5.41, 5.74) is 8.31. The maximum Gasteiger partial charge on any atom is 0.258 e. The molecule has 3 N–H and O–H groups in total. The van der Waals surface area contributed by atoms with Crippen LogP contribution in [0.15, 0.2) is 23.3 Å².